The van der Waals surface area contributed by atoms with Gasteiger partial charge in [0.05, 0.1) is 6.61 Å². The molecule has 0 fully saturated rings. The highest BCUT2D eigenvalue weighted by Gasteiger charge is 2.12. The molecular formula is C16H28N2O. The fraction of sp³-hybridized carbons (Fsp3) is 0.625. The summed E-state index contributed by atoms with van der Waals surface area (Å²) in [7, 11) is 2.18. The van der Waals surface area contributed by atoms with Gasteiger partial charge in [-0.1, -0.05) is 32.0 Å². The predicted molar refractivity (Wildman–Crippen MR) is 81.4 cm³/mol. The van der Waals surface area contributed by atoms with Crippen molar-refractivity contribution in [3.8, 4) is 5.75 Å². The van der Waals surface area contributed by atoms with E-state index >= 15 is 0 Å². The van der Waals surface area contributed by atoms with Crippen molar-refractivity contribution < 1.29 is 4.74 Å². The predicted octanol–water partition coefficient (Wildman–Crippen LogP) is 2.89. The summed E-state index contributed by atoms with van der Waals surface area (Å²) < 4.78 is 5.81. The second kappa shape index (κ2) is 8.18. The van der Waals surface area contributed by atoms with Gasteiger partial charge >= 0.3 is 0 Å². The van der Waals surface area contributed by atoms with E-state index < -0.39 is 0 Å². The van der Waals surface area contributed by atoms with Crippen LogP contribution >= 0.6 is 0 Å². The Balaban J connectivity index is 2.31. The molecule has 0 saturated heterocycles. The molecule has 0 aliphatic carbocycles. The van der Waals surface area contributed by atoms with Gasteiger partial charge in [-0.15, -0.1) is 0 Å². The smallest absolute Gasteiger partial charge is 0.123 e. The van der Waals surface area contributed by atoms with Crippen molar-refractivity contribution in [2.24, 2.45) is 11.7 Å². The van der Waals surface area contributed by atoms with Crippen LogP contribution in [0.3, 0.4) is 0 Å². The largest absolute Gasteiger partial charge is 0.493 e. The fourth-order valence-electron chi connectivity index (χ4n) is 2.02. The van der Waals surface area contributed by atoms with Gasteiger partial charge in [0.15, 0.2) is 0 Å². The van der Waals surface area contributed by atoms with Crippen molar-refractivity contribution in [1.82, 2.24) is 4.90 Å². The second-order valence-corrected chi connectivity index (χ2v) is 5.48. The van der Waals surface area contributed by atoms with Crippen LogP contribution in [0.2, 0.25) is 0 Å². The minimum absolute atomic E-state index is 0.528. The summed E-state index contributed by atoms with van der Waals surface area (Å²) in [6.07, 6.45) is 1.03. The summed E-state index contributed by atoms with van der Waals surface area (Å²) in [5.74, 6) is 1.61. The van der Waals surface area contributed by atoms with Crippen molar-refractivity contribution in [2.75, 3.05) is 20.2 Å². The molecule has 108 valence electrons. The summed E-state index contributed by atoms with van der Waals surface area (Å²) in [4.78, 5) is 2.39. The lowest BCUT2D eigenvalue weighted by Crippen LogP contribution is -2.34. The Kier molecular flexibility index (Phi) is 6.89. The molecule has 19 heavy (non-hydrogen) atoms. The maximum Gasteiger partial charge on any atom is 0.123 e. The van der Waals surface area contributed by atoms with Crippen LogP contribution in [0.25, 0.3) is 0 Å². The average Bonchev–Trinajstić information content (AvgIpc) is 2.42. The third-order valence-electron chi connectivity index (χ3n) is 3.77. The van der Waals surface area contributed by atoms with Gasteiger partial charge in [0.25, 0.3) is 0 Å². The summed E-state index contributed by atoms with van der Waals surface area (Å²) in [6, 6.07) is 8.59. The topological polar surface area (TPSA) is 38.5 Å². The minimum Gasteiger partial charge on any atom is -0.493 e. The minimum atomic E-state index is 0.528. The summed E-state index contributed by atoms with van der Waals surface area (Å²) in [5, 5.41) is 0. The highest BCUT2D eigenvalue weighted by molar-refractivity contribution is 5.32. The molecule has 1 rings (SSSR count). The standard InChI is InChI=1S/C16H28N2O/c1-13(2)14(3)18(4)10-7-11-19-16-9-6-5-8-15(16)12-17/h5-6,8-9,13-14H,7,10-12,17H2,1-4H3. The molecule has 1 aromatic carbocycles. The first-order valence-electron chi connectivity index (χ1n) is 7.17. The molecule has 0 spiro atoms. The van der Waals surface area contributed by atoms with Crippen LogP contribution in [0.4, 0.5) is 0 Å². The van der Waals surface area contributed by atoms with Crippen molar-refractivity contribution >= 4 is 0 Å². The first kappa shape index (κ1) is 16.0. The highest BCUT2D eigenvalue weighted by atomic mass is 16.5. The zero-order valence-electron chi connectivity index (χ0n) is 12.7. The zero-order chi connectivity index (χ0) is 14.3. The van der Waals surface area contributed by atoms with Gasteiger partial charge in [-0.25, -0.2) is 0 Å². The number of nitrogens with zero attached hydrogens (tertiary/aromatic N) is 1. The third-order valence-corrected chi connectivity index (χ3v) is 3.77. The lowest BCUT2D eigenvalue weighted by molar-refractivity contribution is 0.189. The van der Waals surface area contributed by atoms with Crippen molar-refractivity contribution in [1.29, 1.82) is 0 Å². The van der Waals surface area contributed by atoms with Crippen molar-refractivity contribution in [2.45, 2.75) is 39.8 Å². The van der Waals surface area contributed by atoms with E-state index in [9.17, 15) is 0 Å². The molecule has 3 heteroatoms. The number of hydrogen-bond acceptors (Lipinski definition) is 3. The maximum absolute atomic E-state index is 5.81. The molecule has 2 N–H and O–H groups in total. The van der Waals surface area contributed by atoms with E-state index in [0.717, 1.165) is 30.9 Å². The lowest BCUT2D eigenvalue weighted by Gasteiger charge is -2.27. The molecule has 1 aromatic rings. The maximum atomic E-state index is 5.81. The van der Waals surface area contributed by atoms with Gasteiger partial charge in [-0.3, -0.25) is 0 Å². The summed E-state index contributed by atoms with van der Waals surface area (Å²) >= 11 is 0. The molecule has 0 amide bonds. The Morgan fingerprint density at radius 2 is 1.89 bits per heavy atom. The molecule has 0 radical (unpaired) electrons. The number of nitrogens with two attached hydrogens (primary N) is 1. The van der Waals surface area contributed by atoms with Crippen LogP contribution in [0.15, 0.2) is 24.3 Å². The fourth-order valence-corrected chi connectivity index (χ4v) is 2.02. The second-order valence-electron chi connectivity index (χ2n) is 5.48. The van der Waals surface area contributed by atoms with Crippen LogP contribution < -0.4 is 10.5 Å². The van der Waals surface area contributed by atoms with Gasteiger partial charge in [0.2, 0.25) is 0 Å². The van der Waals surface area contributed by atoms with E-state index in [2.05, 4.69) is 32.7 Å². The van der Waals surface area contributed by atoms with E-state index in [0.29, 0.717) is 18.5 Å². The van der Waals surface area contributed by atoms with Crippen LogP contribution in [0.5, 0.6) is 5.75 Å². The summed E-state index contributed by atoms with van der Waals surface area (Å²) in [6.45, 7) is 9.12. The molecule has 3 nitrogen and oxygen atoms in total. The lowest BCUT2D eigenvalue weighted by atomic mass is 10.1. The number of para-hydroxylation sites is 1. The van der Waals surface area contributed by atoms with Crippen LogP contribution in [0, 0.1) is 5.92 Å². The van der Waals surface area contributed by atoms with E-state index in [1.165, 1.54) is 0 Å². The van der Waals surface area contributed by atoms with Gasteiger partial charge in [0, 0.05) is 24.7 Å². The number of benzene rings is 1. The Hall–Kier alpha value is -1.06. The third kappa shape index (κ3) is 5.21. The van der Waals surface area contributed by atoms with Gasteiger partial charge < -0.3 is 15.4 Å². The number of ether oxygens (including phenoxy) is 1. The Bertz CT molecular complexity index is 366. The highest BCUT2D eigenvalue weighted by Crippen LogP contribution is 2.17. The number of rotatable bonds is 8. The molecule has 1 atom stereocenters. The van der Waals surface area contributed by atoms with Crippen LogP contribution in [-0.2, 0) is 6.54 Å². The van der Waals surface area contributed by atoms with Gasteiger partial charge in [-0.05, 0) is 32.4 Å². The first-order chi connectivity index (χ1) is 9.06. The van der Waals surface area contributed by atoms with Crippen LogP contribution in [-0.4, -0.2) is 31.1 Å². The summed E-state index contributed by atoms with van der Waals surface area (Å²) in [5.41, 5.74) is 6.76. The number of hydrogen-bond donors (Lipinski definition) is 1. The average molecular weight is 264 g/mol. The van der Waals surface area contributed by atoms with Gasteiger partial charge in [0.1, 0.15) is 5.75 Å². The Morgan fingerprint density at radius 1 is 1.21 bits per heavy atom. The molecule has 0 aliphatic heterocycles. The Morgan fingerprint density at radius 3 is 2.53 bits per heavy atom. The van der Waals surface area contributed by atoms with Crippen molar-refractivity contribution in [3.05, 3.63) is 29.8 Å². The molecule has 0 saturated carbocycles. The van der Waals surface area contributed by atoms with E-state index in [4.69, 9.17) is 10.5 Å². The molecule has 0 aliphatic rings. The van der Waals surface area contributed by atoms with Crippen molar-refractivity contribution in [3.63, 3.8) is 0 Å². The van der Waals surface area contributed by atoms with Crippen LogP contribution in [0.1, 0.15) is 32.8 Å². The normalized spacial score (nSPS) is 13.0. The SMILES string of the molecule is CC(C)C(C)N(C)CCCOc1ccccc1CN. The van der Waals surface area contributed by atoms with E-state index in [1.54, 1.807) is 0 Å². The molecule has 0 heterocycles. The molecule has 1 unspecified atom stereocenters. The van der Waals surface area contributed by atoms with E-state index in [1.807, 2.05) is 24.3 Å². The quantitative estimate of drug-likeness (QED) is 0.734. The monoisotopic (exact) mass is 264 g/mol. The molecular weight excluding hydrogens is 236 g/mol. The van der Waals surface area contributed by atoms with Gasteiger partial charge in [-0.2, -0.15) is 0 Å². The first-order valence-corrected chi connectivity index (χ1v) is 7.17. The Labute approximate surface area is 117 Å². The van der Waals surface area contributed by atoms with E-state index in [-0.39, 0.29) is 0 Å². The molecule has 0 aromatic heterocycles. The zero-order valence-corrected chi connectivity index (χ0v) is 12.7. The molecule has 0 bridgehead atoms.